The lowest BCUT2D eigenvalue weighted by atomic mass is 9.83. The third-order valence-electron chi connectivity index (χ3n) is 5.97. The highest BCUT2D eigenvalue weighted by Crippen LogP contribution is 2.27. The fourth-order valence-corrected chi connectivity index (χ4v) is 4.33. The Morgan fingerprint density at radius 3 is 2.61 bits per heavy atom. The fourth-order valence-electron chi connectivity index (χ4n) is 4.33. The van der Waals surface area contributed by atoms with Crippen molar-refractivity contribution in [2.45, 2.75) is 37.9 Å². The van der Waals surface area contributed by atoms with E-state index in [0.717, 1.165) is 36.0 Å². The first-order valence-electron chi connectivity index (χ1n) is 10.7. The molecule has 2 aromatic rings. The number of halogens is 3. The standard InChI is InChI=1S/C23H23F3N4O3/c24-16-9-14(10-17(25)20(16)26)12-30-8-2-4-15(22(30)32)21(31)27-7-1-3-13-5-6-18-19(11-13)29-23(33)28-18/h1-4,8-10,13,18-19H,5-7,11-12H2,(H,27,31)(H2,28,29,33)/b3-1+. The van der Waals surface area contributed by atoms with Gasteiger partial charge in [0.1, 0.15) is 5.56 Å². The zero-order valence-electron chi connectivity index (χ0n) is 17.6. The molecule has 3 N–H and O–H groups in total. The second kappa shape index (κ2) is 9.51. The molecule has 0 radical (unpaired) electrons. The largest absolute Gasteiger partial charge is 0.348 e. The predicted octanol–water partition coefficient (Wildman–Crippen LogP) is 2.45. The maximum Gasteiger partial charge on any atom is 0.315 e. The van der Waals surface area contributed by atoms with Gasteiger partial charge in [-0.15, -0.1) is 0 Å². The van der Waals surface area contributed by atoms with Gasteiger partial charge in [0, 0.05) is 12.7 Å². The van der Waals surface area contributed by atoms with Gasteiger partial charge >= 0.3 is 6.03 Å². The Balaban J connectivity index is 1.35. The number of benzene rings is 1. The molecule has 4 rings (SSSR count). The second-order valence-corrected chi connectivity index (χ2v) is 8.27. The molecule has 2 fully saturated rings. The van der Waals surface area contributed by atoms with E-state index in [1.165, 1.54) is 18.3 Å². The Morgan fingerprint density at radius 1 is 1.12 bits per heavy atom. The summed E-state index contributed by atoms with van der Waals surface area (Å²) in [5.74, 6) is -4.57. The van der Waals surface area contributed by atoms with Crippen LogP contribution in [0.25, 0.3) is 0 Å². The number of hydrogen-bond donors (Lipinski definition) is 3. The van der Waals surface area contributed by atoms with Gasteiger partial charge in [0.15, 0.2) is 17.5 Å². The van der Waals surface area contributed by atoms with Crippen molar-refractivity contribution in [3.05, 3.63) is 81.5 Å². The first-order valence-corrected chi connectivity index (χ1v) is 10.7. The van der Waals surface area contributed by atoms with Crippen LogP contribution in [0, 0.1) is 23.4 Å². The van der Waals surface area contributed by atoms with Crippen molar-refractivity contribution in [2.75, 3.05) is 6.54 Å². The molecule has 1 saturated heterocycles. The first-order chi connectivity index (χ1) is 15.8. The molecule has 1 saturated carbocycles. The molecule has 1 aliphatic heterocycles. The molecule has 0 spiro atoms. The van der Waals surface area contributed by atoms with Crippen LogP contribution in [0.1, 0.15) is 35.2 Å². The number of pyridine rings is 1. The van der Waals surface area contributed by atoms with Crippen molar-refractivity contribution >= 4 is 11.9 Å². The average Bonchev–Trinajstić information content (AvgIpc) is 3.15. The summed E-state index contributed by atoms with van der Waals surface area (Å²) in [6, 6.07) is 4.61. The molecule has 1 aromatic carbocycles. The number of nitrogens with zero attached hydrogens (tertiary/aromatic N) is 1. The van der Waals surface area contributed by atoms with E-state index in [9.17, 15) is 27.6 Å². The summed E-state index contributed by atoms with van der Waals surface area (Å²) in [4.78, 5) is 36.5. The van der Waals surface area contributed by atoms with Crippen molar-refractivity contribution in [2.24, 2.45) is 5.92 Å². The van der Waals surface area contributed by atoms with E-state index in [0.29, 0.717) is 0 Å². The van der Waals surface area contributed by atoms with Gasteiger partial charge in [-0.05, 0) is 55.0 Å². The number of carbonyl (C=O) groups is 2. The van der Waals surface area contributed by atoms with Gasteiger partial charge in [-0.3, -0.25) is 9.59 Å². The van der Waals surface area contributed by atoms with Crippen LogP contribution in [-0.4, -0.2) is 35.1 Å². The van der Waals surface area contributed by atoms with E-state index in [1.54, 1.807) is 0 Å². The van der Waals surface area contributed by atoms with Crippen LogP contribution in [0.2, 0.25) is 0 Å². The summed E-state index contributed by atoms with van der Waals surface area (Å²) in [7, 11) is 0. The number of rotatable bonds is 6. The van der Waals surface area contributed by atoms with E-state index in [4.69, 9.17) is 0 Å². The minimum atomic E-state index is -1.58. The maximum atomic E-state index is 13.4. The third-order valence-corrected chi connectivity index (χ3v) is 5.97. The van der Waals surface area contributed by atoms with Gasteiger partial charge in [-0.1, -0.05) is 12.2 Å². The summed E-state index contributed by atoms with van der Waals surface area (Å²) in [6.07, 6.45) is 7.84. The number of urea groups is 1. The summed E-state index contributed by atoms with van der Waals surface area (Å²) >= 11 is 0. The number of nitrogens with one attached hydrogen (secondary N) is 3. The molecule has 33 heavy (non-hydrogen) atoms. The van der Waals surface area contributed by atoms with Crippen LogP contribution in [-0.2, 0) is 6.54 Å². The molecular formula is C23H23F3N4O3. The SMILES string of the molecule is O=C1NC2CCC(/C=C/CNC(=O)c3cccn(Cc4cc(F)c(F)c(F)c4)c3=O)CC2N1. The highest BCUT2D eigenvalue weighted by molar-refractivity contribution is 5.93. The molecular weight excluding hydrogens is 437 g/mol. The number of hydrogen-bond acceptors (Lipinski definition) is 3. The molecule has 174 valence electrons. The highest BCUT2D eigenvalue weighted by atomic mass is 19.2. The van der Waals surface area contributed by atoms with E-state index in [2.05, 4.69) is 16.0 Å². The Bertz CT molecular complexity index is 1140. The van der Waals surface area contributed by atoms with Gasteiger partial charge in [0.2, 0.25) is 0 Å². The van der Waals surface area contributed by atoms with Crippen molar-refractivity contribution in [3.63, 3.8) is 0 Å². The minimum Gasteiger partial charge on any atom is -0.348 e. The van der Waals surface area contributed by atoms with Crippen LogP contribution in [0.15, 0.2) is 47.4 Å². The van der Waals surface area contributed by atoms with E-state index in [1.807, 2.05) is 12.2 Å². The van der Waals surface area contributed by atoms with Crippen molar-refractivity contribution in [1.82, 2.24) is 20.5 Å². The van der Waals surface area contributed by atoms with Gasteiger partial charge in [0.25, 0.3) is 11.5 Å². The summed E-state index contributed by atoms with van der Waals surface area (Å²) in [6.45, 7) is -0.0000308. The molecule has 0 bridgehead atoms. The van der Waals surface area contributed by atoms with Gasteiger partial charge in [-0.2, -0.15) is 0 Å². The molecule has 3 atom stereocenters. The highest BCUT2D eigenvalue weighted by Gasteiger charge is 2.36. The Morgan fingerprint density at radius 2 is 1.85 bits per heavy atom. The molecule has 10 heteroatoms. The Hall–Kier alpha value is -3.56. The van der Waals surface area contributed by atoms with Crippen LogP contribution < -0.4 is 21.5 Å². The Labute approximate surface area is 187 Å². The van der Waals surface area contributed by atoms with E-state index < -0.39 is 28.9 Å². The monoisotopic (exact) mass is 460 g/mol. The van der Waals surface area contributed by atoms with E-state index in [-0.39, 0.29) is 48.2 Å². The summed E-state index contributed by atoms with van der Waals surface area (Å²) in [5.41, 5.74) is -0.696. The average molecular weight is 460 g/mol. The number of allylic oxidation sites excluding steroid dienone is 1. The van der Waals surface area contributed by atoms with Crippen LogP contribution in [0.3, 0.4) is 0 Å². The number of carbonyl (C=O) groups excluding carboxylic acids is 2. The summed E-state index contributed by atoms with van der Waals surface area (Å²) < 4.78 is 41.2. The predicted molar refractivity (Wildman–Crippen MR) is 114 cm³/mol. The Kier molecular flexibility index (Phi) is 6.52. The smallest absolute Gasteiger partial charge is 0.315 e. The number of amides is 3. The summed E-state index contributed by atoms with van der Waals surface area (Å²) in [5, 5.41) is 8.45. The molecule has 2 heterocycles. The maximum absolute atomic E-state index is 13.4. The zero-order chi connectivity index (χ0) is 23.5. The van der Waals surface area contributed by atoms with Gasteiger partial charge in [0.05, 0.1) is 18.6 Å². The minimum absolute atomic E-state index is 0.0531. The topological polar surface area (TPSA) is 92.2 Å². The molecule has 3 unspecified atom stereocenters. The first kappa shape index (κ1) is 22.6. The van der Waals surface area contributed by atoms with Crippen LogP contribution >= 0.6 is 0 Å². The van der Waals surface area contributed by atoms with Gasteiger partial charge in [-0.25, -0.2) is 18.0 Å². The van der Waals surface area contributed by atoms with Crippen molar-refractivity contribution < 1.29 is 22.8 Å². The third kappa shape index (κ3) is 5.10. The lowest BCUT2D eigenvalue weighted by molar-refractivity contribution is 0.0955. The van der Waals surface area contributed by atoms with Crippen LogP contribution in [0.5, 0.6) is 0 Å². The molecule has 3 amide bonds. The quantitative estimate of drug-likeness (QED) is 0.457. The fraction of sp³-hybridized carbons (Fsp3) is 0.348. The molecule has 1 aromatic heterocycles. The number of fused-ring (bicyclic) bond motifs is 1. The normalized spacial score (nSPS) is 22.0. The van der Waals surface area contributed by atoms with Crippen molar-refractivity contribution in [3.8, 4) is 0 Å². The second-order valence-electron chi connectivity index (χ2n) is 8.27. The van der Waals surface area contributed by atoms with Crippen molar-refractivity contribution in [1.29, 1.82) is 0 Å². The lowest BCUT2D eigenvalue weighted by Crippen LogP contribution is -2.39. The lowest BCUT2D eigenvalue weighted by Gasteiger charge is -2.28. The molecule has 7 nitrogen and oxygen atoms in total. The molecule has 2 aliphatic rings. The van der Waals surface area contributed by atoms with E-state index >= 15 is 0 Å². The number of aromatic nitrogens is 1. The zero-order valence-corrected chi connectivity index (χ0v) is 17.6. The molecule has 1 aliphatic carbocycles. The van der Waals surface area contributed by atoms with Gasteiger partial charge < -0.3 is 20.5 Å². The van der Waals surface area contributed by atoms with Crippen LogP contribution in [0.4, 0.5) is 18.0 Å².